The van der Waals surface area contributed by atoms with Gasteiger partial charge in [0.2, 0.25) is 0 Å². The maximum atomic E-state index is 12.5. The first-order valence-electron chi connectivity index (χ1n) is 16.5. The molecule has 1 atom stereocenters. The second-order valence-electron chi connectivity index (χ2n) is 12.0. The number of fused-ring (bicyclic) bond motifs is 1. The molecule has 7 nitrogen and oxygen atoms in total. The number of hydrogen-bond donors (Lipinski definition) is 1. The lowest BCUT2D eigenvalue weighted by Gasteiger charge is -2.32. The summed E-state index contributed by atoms with van der Waals surface area (Å²) in [5.41, 5.74) is 10.3. The minimum atomic E-state index is -0.345. The van der Waals surface area contributed by atoms with Crippen LogP contribution in [0.4, 0.5) is 5.69 Å². The first-order chi connectivity index (χ1) is 21.5. The summed E-state index contributed by atoms with van der Waals surface area (Å²) in [6.45, 7) is 12.3. The summed E-state index contributed by atoms with van der Waals surface area (Å²) in [7, 11) is 0. The Kier molecular flexibility index (Phi) is 9.12. The number of ether oxygens (including phenoxy) is 1. The van der Waals surface area contributed by atoms with Crippen LogP contribution in [0.3, 0.4) is 0 Å². The van der Waals surface area contributed by atoms with Crippen LogP contribution in [0.1, 0.15) is 97.2 Å². The Morgan fingerprint density at radius 1 is 0.977 bits per heavy atom. The van der Waals surface area contributed by atoms with Gasteiger partial charge in [-0.1, -0.05) is 51.1 Å². The van der Waals surface area contributed by atoms with Crippen molar-refractivity contribution in [1.29, 1.82) is 0 Å². The van der Waals surface area contributed by atoms with Crippen LogP contribution in [-0.4, -0.2) is 51.9 Å². The SMILES string of the molecule is CCOC(=O)c1cnn(-c2cccc(-c3cccc4c3C(Nc3ccc(C5CCN(CC)CC5)c(CC)c3)CC4)n2)c1CC. The molecule has 0 spiro atoms. The quantitative estimate of drug-likeness (QED) is 0.192. The van der Waals surface area contributed by atoms with Gasteiger partial charge < -0.3 is 15.0 Å². The van der Waals surface area contributed by atoms with Crippen molar-refractivity contribution in [3.05, 3.63) is 94.3 Å². The van der Waals surface area contributed by atoms with E-state index in [4.69, 9.17) is 9.72 Å². The summed E-state index contributed by atoms with van der Waals surface area (Å²) in [5.74, 6) is 1.01. The summed E-state index contributed by atoms with van der Waals surface area (Å²) >= 11 is 0. The molecule has 6 rings (SSSR count). The molecule has 7 heteroatoms. The number of nitrogens with one attached hydrogen (secondary N) is 1. The van der Waals surface area contributed by atoms with Gasteiger partial charge in [-0.25, -0.2) is 14.5 Å². The molecule has 1 saturated heterocycles. The van der Waals surface area contributed by atoms with E-state index in [0.29, 0.717) is 30.3 Å². The normalized spacial score (nSPS) is 17.0. The highest BCUT2D eigenvalue weighted by Gasteiger charge is 2.28. The fourth-order valence-electron chi connectivity index (χ4n) is 7.20. The maximum absolute atomic E-state index is 12.5. The average molecular weight is 592 g/mol. The first kappa shape index (κ1) is 30.1. The van der Waals surface area contributed by atoms with Crippen LogP contribution in [0.25, 0.3) is 17.1 Å². The number of pyridine rings is 1. The molecule has 0 radical (unpaired) electrons. The number of carbonyl (C=O) groups excluding carboxylic acids is 1. The molecular formula is C37H45N5O2. The molecule has 1 fully saturated rings. The van der Waals surface area contributed by atoms with Gasteiger partial charge in [-0.05, 0) is 118 Å². The van der Waals surface area contributed by atoms with Crippen molar-refractivity contribution in [2.75, 3.05) is 31.6 Å². The zero-order valence-corrected chi connectivity index (χ0v) is 26.6. The van der Waals surface area contributed by atoms with Crippen LogP contribution in [0.2, 0.25) is 0 Å². The Morgan fingerprint density at radius 3 is 2.55 bits per heavy atom. The molecule has 230 valence electrons. The average Bonchev–Trinajstić information content (AvgIpc) is 3.69. The van der Waals surface area contributed by atoms with Crippen molar-refractivity contribution < 1.29 is 9.53 Å². The van der Waals surface area contributed by atoms with Crippen LogP contribution < -0.4 is 5.32 Å². The van der Waals surface area contributed by atoms with Crippen molar-refractivity contribution in [3.63, 3.8) is 0 Å². The van der Waals surface area contributed by atoms with E-state index in [1.54, 1.807) is 16.4 Å². The molecule has 1 N–H and O–H groups in total. The number of nitrogens with zero attached hydrogens (tertiary/aromatic N) is 4. The number of anilines is 1. The number of likely N-dealkylation sites (tertiary alicyclic amines) is 1. The molecule has 4 aromatic rings. The number of benzene rings is 2. The summed E-state index contributed by atoms with van der Waals surface area (Å²) < 4.78 is 7.03. The lowest BCUT2D eigenvalue weighted by Crippen LogP contribution is -2.32. The molecule has 0 amide bonds. The third-order valence-corrected chi connectivity index (χ3v) is 9.51. The highest BCUT2D eigenvalue weighted by molar-refractivity contribution is 5.90. The van der Waals surface area contributed by atoms with E-state index in [9.17, 15) is 4.79 Å². The van der Waals surface area contributed by atoms with E-state index in [0.717, 1.165) is 42.8 Å². The molecule has 2 aliphatic rings. The van der Waals surface area contributed by atoms with E-state index >= 15 is 0 Å². The van der Waals surface area contributed by atoms with Gasteiger partial charge in [0, 0.05) is 11.3 Å². The summed E-state index contributed by atoms with van der Waals surface area (Å²) in [6, 6.07) is 19.9. The lowest BCUT2D eigenvalue weighted by molar-refractivity contribution is 0.0525. The van der Waals surface area contributed by atoms with Crippen molar-refractivity contribution in [2.24, 2.45) is 0 Å². The number of rotatable bonds is 10. The predicted molar refractivity (Wildman–Crippen MR) is 177 cm³/mol. The smallest absolute Gasteiger partial charge is 0.341 e. The summed E-state index contributed by atoms with van der Waals surface area (Å²) in [4.78, 5) is 20.2. The Balaban J connectivity index is 1.27. The molecule has 1 unspecified atom stereocenters. The van der Waals surface area contributed by atoms with Crippen molar-refractivity contribution in [1.82, 2.24) is 19.7 Å². The third-order valence-electron chi connectivity index (χ3n) is 9.51. The van der Waals surface area contributed by atoms with E-state index < -0.39 is 0 Å². The number of aromatic nitrogens is 3. The highest BCUT2D eigenvalue weighted by Crippen LogP contribution is 2.41. The molecule has 0 bridgehead atoms. The Bertz CT molecular complexity index is 1620. The maximum Gasteiger partial charge on any atom is 0.341 e. The molecule has 2 aromatic heterocycles. The Labute approximate surface area is 261 Å². The Morgan fingerprint density at radius 2 is 1.80 bits per heavy atom. The third kappa shape index (κ3) is 5.90. The minimum Gasteiger partial charge on any atom is -0.462 e. The van der Waals surface area contributed by atoms with E-state index in [-0.39, 0.29) is 12.0 Å². The fourth-order valence-corrected chi connectivity index (χ4v) is 7.20. The largest absolute Gasteiger partial charge is 0.462 e. The second-order valence-corrected chi connectivity index (χ2v) is 12.0. The number of hydrogen-bond acceptors (Lipinski definition) is 6. The lowest BCUT2D eigenvalue weighted by atomic mass is 9.85. The topological polar surface area (TPSA) is 72.3 Å². The number of carbonyl (C=O) groups is 1. The molecule has 0 saturated carbocycles. The second kappa shape index (κ2) is 13.3. The van der Waals surface area contributed by atoms with Gasteiger partial charge in [-0.15, -0.1) is 0 Å². The molecule has 2 aromatic carbocycles. The summed E-state index contributed by atoms with van der Waals surface area (Å²) in [5, 5.41) is 8.46. The summed E-state index contributed by atoms with van der Waals surface area (Å²) in [6.07, 6.45) is 7.87. The van der Waals surface area contributed by atoms with Gasteiger partial charge in [0.05, 0.1) is 30.2 Å². The van der Waals surface area contributed by atoms with Gasteiger partial charge in [0.15, 0.2) is 5.82 Å². The Hall–Kier alpha value is -3.97. The van der Waals surface area contributed by atoms with E-state index in [2.05, 4.69) is 71.6 Å². The highest BCUT2D eigenvalue weighted by atomic mass is 16.5. The van der Waals surface area contributed by atoms with Crippen LogP contribution >= 0.6 is 0 Å². The number of piperidine rings is 1. The van der Waals surface area contributed by atoms with Crippen LogP contribution in [0.15, 0.2) is 60.8 Å². The van der Waals surface area contributed by atoms with Gasteiger partial charge in [0.1, 0.15) is 5.56 Å². The standard InChI is InChI=1S/C37H45N5O2/c1-5-25-23-28(16-17-29(25)26-19-21-41(7-3)22-20-26)39-33-18-15-27-11-9-12-30(36(27)33)32-13-10-14-35(40-32)42-34(6-2)31(24-38-42)37(43)44-8-4/h9-14,16-17,23-24,26,33,39H,5-8,15,18-22H2,1-4H3. The zero-order chi connectivity index (χ0) is 30.6. The van der Waals surface area contributed by atoms with Crippen LogP contribution in [0.5, 0.6) is 0 Å². The first-order valence-corrected chi connectivity index (χ1v) is 16.5. The van der Waals surface area contributed by atoms with Gasteiger partial charge in [0.25, 0.3) is 0 Å². The molecular weight excluding hydrogens is 546 g/mol. The van der Waals surface area contributed by atoms with Gasteiger partial charge in [-0.3, -0.25) is 0 Å². The fraction of sp³-hybridized carbons (Fsp3) is 0.432. The van der Waals surface area contributed by atoms with Crippen LogP contribution in [-0.2, 0) is 24.0 Å². The molecule has 3 heterocycles. The predicted octanol–water partition coefficient (Wildman–Crippen LogP) is 7.53. The van der Waals surface area contributed by atoms with E-state index in [1.807, 2.05) is 26.0 Å². The van der Waals surface area contributed by atoms with Crippen LogP contribution in [0, 0.1) is 0 Å². The van der Waals surface area contributed by atoms with E-state index in [1.165, 1.54) is 48.3 Å². The molecule has 44 heavy (non-hydrogen) atoms. The van der Waals surface area contributed by atoms with Gasteiger partial charge in [-0.2, -0.15) is 5.10 Å². The van der Waals surface area contributed by atoms with Crippen molar-refractivity contribution in [3.8, 4) is 17.1 Å². The number of esters is 1. The number of aryl methyl sites for hydroxylation is 2. The molecule has 1 aliphatic carbocycles. The van der Waals surface area contributed by atoms with Gasteiger partial charge >= 0.3 is 5.97 Å². The molecule has 1 aliphatic heterocycles. The van der Waals surface area contributed by atoms with Crippen molar-refractivity contribution >= 4 is 11.7 Å². The van der Waals surface area contributed by atoms with Crippen molar-refractivity contribution in [2.45, 2.75) is 78.2 Å². The minimum absolute atomic E-state index is 0.210. The zero-order valence-electron chi connectivity index (χ0n) is 26.6. The monoisotopic (exact) mass is 591 g/mol.